The molecule has 0 radical (unpaired) electrons. The number of nitriles is 1. The lowest BCUT2D eigenvalue weighted by atomic mass is 10.1. The van der Waals surface area contributed by atoms with E-state index in [1.807, 2.05) is 6.07 Å². The van der Waals surface area contributed by atoms with Crippen molar-refractivity contribution in [2.75, 3.05) is 12.4 Å². The van der Waals surface area contributed by atoms with E-state index in [1.54, 1.807) is 48.5 Å². The fourth-order valence-electron chi connectivity index (χ4n) is 2.87. The van der Waals surface area contributed by atoms with E-state index in [-0.39, 0.29) is 17.7 Å². The van der Waals surface area contributed by atoms with Gasteiger partial charge in [0.2, 0.25) is 0 Å². The van der Waals surface area contributed by atoms with Crippen LogP contribution in [0.2, 0.25) is 5.02 Å². The van der Waals surface area contributed by atoms with Crippen molar-refractivity contribution >= 4 is 51.2 Å². The number of hydrogen-bond acceptors (Lipinski definition) is 5. The highest BCUT2D eigenvalue weighted by Crippen LogP contribution is 2.35. The van der Waals surface area contributed by atoms with E-state index < -0.39 is 11.9 Å². The smallest absolute Gasteiger partial charge is 0.335 e. The third kappa shape index (κ3) is 6.38. The van der Waals surface area contributed by atoms with Crippen LogP contribution in [0.1, 0.15) is 21.5 Å². The Balaban J connectivity index is 1.78. The molecule has 0 bridgehead atoms. The fourth-order valence-corrected chi connectivity index (χ4v) is 3.44. The molecule has 0 saturated carbocycles. The Hall–Kier alpha value is -3.80. The van der Waals surface area contributed by atoms with Gasteiger partial charge in [-0.05, 0) is 65.7 Å². The molecular formula is C25H18BrClN2O5. The number of carbonyl (C=O) groups excluding carboxylic acids is 1. The van der Waals surface area contributed by atoms with Crippen LogP contribution in [0.15, 0.2) is 70.7 Å². The summed E-state index contributed by atoms with van der Waals surface area (Å²) in [6.07, 6.45) is 1.44. The maximum absolute atomic E-state index is 12.5. The number of ether oxygens (including phenoxy) is 2. The molecule has 172 valence electrons. The Morgan fingerprint density at radius 1 is 1.12 bits per heavy atom. The minimum atomic E-state index is -1.000. The molecule has 3 aromatic rings. The number of rotatable bonds is 8. The standard InChI is InChI=1S/C25H18BrClN2O5/c1-33-22-11-17(10-18(13-28)24(30)29-20-8-6-19(27)7-9-20)21(26)12-23(22)34-14-15-2-4-16(5-3-15)25(31)32/h2-12H,14H2,1H3,(H,29,30)(H,31,32)/b18-10-. The summed E-state index contributed by atoms with van der Waals surface area (Å²) in [5.41, 5.74) is 1.90. The van der Waals surface area contributed by atoms with E-state index in [0.29, 0.717) is 32.2 Å². The molecule has 0 aliphatic carbocycles. The highest BCUT2D eigenvalue weighted by molar-refractivity contribution is 9.10. The Labute approximate surface area is 209 Å². The summed E-state index contributed by atoms with van der Waals surface area (Å²) >= 11 is 9.30. The topological polar surface area (TPSA) is 109 Å². The van der Waals surface area contributed by atoms with Crippen LogP contribution in [0.25, 0.3) is 6.08 Å². The quantitative estimate of drug-likeness (QED) is 0.270. The number of carboxylic acid groups (broad SMARTS) is 1. The Bertz CT molecular complexity index is 1280. The number of aromatic carboxylic acids is 1. The number of hydrogen-bond donors (Lipinski definition) is 2. The zero-order chi connectivity index (χ0) is 24.7. The highest BCUT2D eigenvalue weighted by Gasteiger charge is 2.14. The molecule has 0 saturated heterocycles. The predicted octanol–water partition coefficient (Wildman–Crippen LogP) is 5.93. The van der Waals surface area contributed by atoms with Crippen LogP contribution < -0.4 is 14.8 Å². The van der Waals surface area contributed by atoms with Crippen molar-refractivity contribution in [3.8, 4) is 17.6 Å². The first kappa shape index (κ1) is 24.8. The SMILES string of the molecule is COc1cc(/C=C(/C#N)C(=O)Nc2ccc(Cl)cc2)c(Br)cc1OCc1ccc(C(=O)O)cc1. The molecule has 0 unspecified atom stereocenters. The van der Waals surface area contributed by atoms with Crippen molar-refractivity contribution in [1.29, 1.82) is 5.26 Å². The minimum Gasteiger partial charge on any atom is -0.493 e. The normalized spacial score (nSPS) is 10.8. The molecule has 0 aromatic heterocycles. The molecule has 0 aliphatic rings. The zero-order valence-corrected chi connectivity index (χ0v) is 20.2. The average Bonchev–Trinajstić information content (AvgIpc) is 2.83. The summed E-state index contributed by atoms with van der Waals surface area (Å²) in [7, 11) is 1.48. The van der Waals surface area contributed by atoms with Crippen molar-refractivity contribution < 1.29 is 24.2 Å². The number of amides is 1. The van der Waals surface area contributed by atoms with Crippen LogP contribution >= 0.6 is 27.5 Å². The second kappa shape index (κ2) is 11.4. The first-order valence-electron chi connectivity index (χ1n) is 9.82. The van der Waals surface area contributed by atoms with Gasteiger partial charge in [0.1, 0.15) is 18.2 Å². The van der Waals surface area contributed by atoms with Crippen LogP contribution in [-0.4, -0.2) is 24.1 Å². The molecule has 3 rings (SSSR count). The number of methoxy groups -OCH3 is 1. The number of nitrogens with one attached hydrogen (secondary N) is 1. The summed E-state index contributed by atoms with van der Waals surface area (Å²) < 4.78 is 11.8. The van der Waals surface area contributed by atoms with Crippen molar-refractivity contribution in [2.45, 2.75) is 6.61 Å². The number of carboxylic acids is 1. The molecule has 1 amide bonds. The molecule has 0 fully saturated rings. The van der Waals surface area contributed by atoms with Gasteiger partial charge in [-0.15, -0.1) is 0 Å². The van der Waals surface area contributed by atoms with Gasteiger partial charge in [-0.25, -0.2) is 4.79 Å². The summed E-state index contributed by atoms with van der Waals surface area (Å²) in [5.74, 6) is -0.744. The van der Waals surface area contributed by atoms with E-state index in [1.165, 1.54) is 25.3 Å². The molecular weight excluding hydrogens is 524 g/mol. The van der Waals surface area contributed by atoms with E-state index in [9.17, 15) is 14.9 Å². The Kier molecular flexibility index (Phi) is 8.30. The van der Waals surface area contributed by atoms with Gasteiger partial charge in [0.05, 0.1) is 12.7 Å². The predicted molar refractivity (Wildman–Crippen MR) is 132 cm³/mol. The van der Waals surface area contributed by atoms with Gasteiger partial charge in [-0.3, -0.25) is 4.79 Å². The molecule has 0 aliphatic heterocycles. The highest BCUT2D eigenvalue weighted by atomic mass is 79.9. The van der Waals surface area contributed by atoms with Crippen LogP contribution in [0.4, 0.5) is 5.69 Å². The van der Waals surface area contributed by atoms with Crippen LogP contribution in [0.5, 0.6) is 11.5 Å². The lowest BCUT2D eigenvalue weighted by Gasteiger charge is -2.13. The third-order valence-electron chi connectivity index (χ3n) is 4.65. The van der Waals surface area contributed by atoms with E-state index in [4.69, 9.17) is 26.2 Å². The largest absolute Gasteiger partial charge is 0.493 e. The van der Waals surface area contributed by atoms with Crippen LogP contribution in [0, 0.1) is 11.3 Å². The fraction of sp³-hybridized carbons (Fsp3) is 0.0800. The summed E-state index contributed by atoms with van der Waals surface area (Å²) in [6, 6.07) is 18.1. The van der Waals surface area contributed by atoms with Gasteiger partial charge >= 0.3 is 5.97 Å². The van der Waals surface area contributed by atoms with E-state index >= 15 is 0 Å². The summed E-state index contributed by atoms with van der Waals surface area (Å²) in [5, 5.41) is 21.7. The van der Waals surface area contributed by atoms with Crippen molar-refractivity contribution in [1.82, 2.24) is 0 Å². The first-order valence-corrected chi connectivity index (χ1v) is 11.0. The van der Waals surface area contributed by atoms with Gasteiger partial charge in [0.15, 0.2) is 11.5 Å². The molecule has 0 atom stereocenters. The van der Waals surface area contributed by atoms with Gasteiger partial charge in [0, 0.05) is 15.2 Å². The second-order valence-corrected chi connectivity index (χ2v) is 8.24. The molecule has 34 heavy (non-hydrogen) atoms. The maximum Gasteiger partial charge on any atom is 0.335 e. The van der Waals surface area contributed by atoms with E-state index in [0.717, 1.165) is 5.56 Å². The monoisotopic (exact) mass is 540 g/mol. The first-order chi connectivity index (χ1) is 16.3. The lowest BCUT2D eigenvalue weighted by Crippen LogP contribution is -2.13. The van der Waals surface area contributed by atoms with Crippen LogP contribution in [0.3, 0.4) is 0 Å². The molecule has 7 nitrogen and oxygen atoms in total. The second-order valence-electron chi connectivity index (χ2n) is 6.95. The van der Waals surface area contributed by atoms with Gasteiger partial charge in [0.25, 0.3) is 5.91 Å². The molecule has 3 aromatic carbocycles. The Morgan fingerprint density at radius 2 is 1.79 bits per heavy atom. The Morgan fingerprint density at radius 3 is 2.38 bits per heavy atom. The molecule has 2 N–H and O–H groups in total. The summed E-state index contributed by atoms with van der Waals surface area (Å²) in [6.45, 7) is 0.185. The van der Waals surface area contributed by atoms with Crippen molar-refractivity contribution in [3.05, 3.63) is 92.4 Å². The number of carbonyl (C=O) groups is 2. The zero-order valence-electron chi connectivity index (χ0n) is 17.8. The third-order valence-corrected chi connectivity index (χ3v) is 5.58. The van der Waals surface area contributed by atoms with E-state index in [2.05, 4.69) is 21.2 Å². The molecule has 0 heterocycles. The van der Waals surface area contributed by atoms with Gasteiger partial charge in [-0.1, -0.05) is 39.7 Å². The maximum atomic E-state index is 12.5. The molecule has 0 spiro atoms. The van der Waals surface area contributed by atoms with Crippen LogP contribution in [-0.2, 0) is 11.4 Å². The summed E-state index contributed by atoms with van der Waals surface area (Å²) in [4.78, 5) is 23.5. The molecule has 9 heteroatoms. The van der Waals surface area contributed by atoms with Crippen molar-refractivity contribution in [3.63, 3.8) is 0 Å². The van der Waals surface area contributed by atoms with Gasteiger partial charge < -0.3 is 19.9 Å². The number of halogens is 2. The number of nitrogens with zero attached hydrogens (tertiary/aromatic N) is 1. The average molecular weight is 542 g/mol. The minimum absolute atomic E-state index is 0.107. The van der Waals surface area contributed by atoms with Gasteiger partial charge in [-0.2, -0.15) is 5.26 Å². The van der Waals surface area contributed by atoms with Crippen molar-refractivity contribution in [2.24, 2.45) is 0 Å². The lowest BCUT2D eigenvalue weighted by molar-refractivity contribution is -0.112. The number of benzene rings is 3. The number of anilines is 1.